The maximum absolute atomic E-state index is 12.5. The van der Waals surface area contributed by atoms with Crippen molar-refractivity contribution in [1.82, 2.24) is 4.90 Å². The fraction of sp³-hybridized carbons (Fsp3) is 0.158. The van der Waals surface area contributed by atoms with Crippen LogP contribution in [-0.4, -0.2) is 37.5 Å². The number of hydrogen-bond acceptors (Lipinski definition) is 4. The van der Waals surface area contributed by atoms with Crippen molar-refractivity contribution in [3.63, 3.8) is 0 Å². The molecule has 0 radical (unpaired) electrons. The van der Waals surface area contributed by atoms with Gasteiger partial charge in [-0.25, -0.2) is 0 Å². The first-order valence-corrected chi connectivity index (χ1v) is 8.15. The van der Waals surface area contributed by atoms with Gasteiger partial charge in [0.1, 0.15) is 18.0 Å². The summed E-state index contributed by atoms with van der Waals surface area (Å²) in [6.07, 6.45) is 0. The lowest BCUT2D eigenvalue weighted by atomic mass is 10.1. The average Bonchev–Trinajstić information content (AvgIpc) is 2.88. The molecule has 134 valence electrons. The first-order chi connectivity index (χ1) is 12.5. The van der Waals surface area contributed by atoms with E-state index >= 15 is 0 Å². The zero-order chi connectivity index (χ0) is 18.8. The number of anilines is 1. The SMILES string of the molecule is C=C1c2ccccc2C(=O)N1CC(=O)Nc1cc(OC)c(Cl)cc1OC. The van der Waals surface area contributed by atoms with E-state index in [9.17, 15) is 9.59 Å². The highest BCUT2D eigenvalue weighted by molar-refractivity contribution is 6.32. The van der Waals surface area contributed by atoms with Crippen molar-refractivity contribution in [3.8, 4) is 11.5 Å². The highest BCUT2D eigenvalue weighted by Gasteiger charge is 2.32. The molecule has 2 aromatic carbocycles. The fourth-order valence-electron chi connectivity index (χ4n) is 2.79. The zero-order valence-electron chi connectivity index (χ0n) is 14.3. The van der Waals surface area contributed by atoms with Gasteiger partial charge in [0.2, 0.25) is 5.91 Å². The standard InChI is InChI=1S/C19H17ClN2O4/c1-11-12-6-4-5-7-13(12)19(24)22(11)10-18(23)21-15-9-16(25-2)14(20)8-17(15)26-3/h4-9H,1,10H2,2-3H3,(H,21,23). The molecule has 0 bridgehead atoms. The van der Waals surface area contributed by atoms with E-state index in [0.29, 0.717) is 33.5 Å². The summed E-state index contributed by atoms with van der Waals surface area (Å²) in [7, 11) is 2.94. The predicted molar refractivity (Wildman–Crippen MR) is 99.7 cm³/mol. The molecule has 0 saturated heterocycles. The molecule has 0 unspecified atom stereocenters. The van der Waals surface area contributed by atoms with Gasteiger partial charge >= 0.3 is 0 Å². The molecule has 1 N–H and O–H groups in total. The zero-order valence-corrected chi connectivity index (χ0v) is 15.1. The van der Waals surface area contributed by atoms with Crippen molar-refractivity contribution in [1.29, 1.82) is 0 Å². The van der Waals surface area contributed by atoms with E-state index in [1.54, 1.807) is 30.3 Å². The predicted octanol–water partition coefficient (Wildman–Crippen LogP) is 3.42. The lowest BCUT2D eigenvalue weighted by Crippen LogP contribution is -2.32. The van der Waals surface area contributed by atoms with Crippen LogP contribution in [0.3, 0.4) is 0 Å². The Morgan fingerprint density at radius 3 is 2.42 bits per heavy atom. The summed E-state index contributed by atoms with van der Waals surface area (Å²) >= 11 is 6.06. The number of nitrogens with one attached hydrogen (secondary N) is 1. The summed E-state index contributed by atoms with van der Waals surface area (Å²) in [5.41, 5.74) is 2.17. The smallest absolute Gasteiger partial charge is 0.259 e. The molecule has 2 aromatic rings. The van der Waals surface area contributed by atoms with Gasteiger partial charge in [0, 0.05) is 29.0 Å². The molecular weight excluding hydrogens is 356 g/mol. The molecule has 0 saturated carbocycles. The van der Waals surface area contributed by atoms with E-state index in [0.717, 1.165) is 5.56 Å². The number of fused-ring (bicyclic) bond motifs is 1. The molecule has 2 amide bonds. The van der Waals surface area contributed by atoms with Crippen LogP contribution >= 0.6 is 11.6 Å². The van der Waals surface area contributed by atoms with Crippen LogP contribution in [0.5, 0.6) is 11.5 Å². The van der Waals surface area contributed by atoms with Crippen molar-refractivity contribution in [2.75, 3.05) is 26.1 Å². The number of nitrogens with zero attached hydrogens (tertiary/aromatic N) is 1. The summed E-state index contributed by atoms with van der Waals surface area (Å²) in [5, 5.41) is 3.08. The van der Waals surface area contributed by atoms with Crippen LogP contribution in [-0.2, 0) is 4.79 Å². The van der Waals surface area contributed by atoms with Crippen LogP contribution in [0.4, 0.5) is 5.69 Å². The minimum absolute atomic E-state index is 0.166. The van der Waals surface area contributed by atoms with Crippen molar-refractivity contribution in [2.24, 2.45) is 0 Å². The number of halogens is 1. The fourth-order valence-corrected chi connectivity index (χ4v) is 3.02. The molecule has 26 heavy (non-hydrogen) atoms. The molecule has 0 aliphatic carbocycles. The van der Waals surface area contributed by atoms with Crippen LogP contribution in [0.2, 0.25) is 5.02 Å². The van der Waals surface area contributed by atoms with Crippen molar-refractivity contribution >= 4 is 34.8 Å². The monoisotopic (exact) mass is 372 g/mol. The van der Waals surface area contributed by atoms with Gasteiger partial charge in [-0.15, -0.1) is 0 Å². The molecule has 0 atom stereocenters. The van der Waals surface area contributed by atoms with Gasteiger partial charge < -0.3 is 14.8 Å². The maximum Gasteiger partial charge on any atom is 0.259 e. The van der Waals surface area contributed by atoms with Gasteiger partial charge in [-0.2, -0.15) is 0 Å². The molecule has 3 rings (SSSR count). The van der Waals surface area contributed by atoms with Crippen LogP contribution in [0.15, 0.2) is 43.0 Å². The second kappa shape index (κ2) is 7.09. The Bertz CT molecular complexity index is 875. The van der Waals surface area contributed by atoms with E-state index in [-0.39, 0.29) is 12.5 Å². The first-order valence-electron chi connectivity index (χ1n) is 7.77. The number of benzene rings is 2. The number of carbonyl (C=O) groups excluding carboxylic acids is 2. The summed E-state index contributed by atoms with van der Waals surface area (Å²) in [6, 6.07) is 10.2. The molecular formula is C19H17ClN2O4. The summed E-state index contributed by atoms with van der Waals surface area (Å²) in [4.78, 5) is 26.3. The van der Waals surface area contributed by atoms with E-state index in [4.69, 9.17) is 21.1 Å². The third kappa shape index (κ3) is 3.11. The summed E-state index contributed by atoms with van der Waals surface area (Å²) in [5.74, 6) is 0.146. The number of methoxy groups -OCH3 is 2. The van der Waals surface area contributed by atoms with Crippen LogP contribution in [0, 0.1) is 0 Å². The van der Waals surface area contributed by atoms with E-state index in [1.165, 1.54) is 19.1 Å². The molecule has 1 heterocycles. The van der Waals surface area contributed by atoms with Crippen LogP contribution in [0.1, 0.15) is 15.9 Å². The number of amides is 2. The minimum Gasteiger partial charge on any atom is -0.495 e. The quantitative estimate of drug-likeness (QED) is 0.873. The topological polar surface area (TPSA) is 67.9 Å². The second-order valence-corrected chi connectivity index (χ2v) is 6.03. The van der Waals surface area contributed by atoms with Gasteiger partial charge in [-0.05, 0) is 6.07 Å². The van der Waals surface area contributed by atoms with Gasteiger partial charge in [-0.3, -0.25) is 14.5 Å². The molecule has 7 heteroatoms. The van der Waals surface area contributed by atoms with E-state index < -0.39 is 5.91 Å². The highest BCUT2D eigenvalue weighted by Crippen LogP contribution is 2.36. The Balaban J connectivity index is 1.78. The van der Waals surface area contributed by atoms with Gasteiger partial charge in [0.25, 0.3) is 5.91 Å². The number of rotatable bonds is 5. The number of ether oxygens (including phenoxy) is 2. The summed E-state index contributed by atoms with van der Waals surface area (Å²) < 4.78 is 10.4. The molecule has 1 aliphatic heterocycles. The Hall–Kier alpha value is -2.99. The second-order valence-electron chi connectivity index (χ2n) is 5.62. The van der Waals surface area contributed by atoms with Crippen molar-refractivity contribution in [3.05, 3.63) is 59.1 Å². The summed E-state index contributed by atoms with van der Waals surface area (Å²) in [6.45, 7) is 3.76. The van der Waals surface area contributed by atoms with E-state index in [1.807, 2.05) is 6.07 Å². The van der Waals surface area contributed by atoms with Crippen molar-refractivity contribution in [2.45, 2.75) is 0 Å². The van der Waals surface area contributed by atoms with Gasteiger partial charge in [-0.1, -0.05) is 36.4 Å². The Kier molecular flexibility index (Phi) is 4.86. The largest absolute Gasteiger partial charge is 0.495 e. The maximum atomic E-state index is 12.5. The lowest BCUT2D eigenvalue weighted by molar-refractivity contribution is -0.116. The van der Waals surface area contributed by atoms with Crippen LogP contribution < -0.4 is 14.8 Å². The first kappa shape index (κ1) is 17.8. The molecule has 1 aliphatic rings. The molecule has 0 aromatic heterocycles. The van der Waals surface area contributed by atoms with Gasteiger partial charge in [0.05, 0.1) is 24.9 Å². The third-order valence-corrected chi connectivity index (χ3v) is 4.38. The highest BCUT2D eigenvalue weighted by atomic mass is 35.5. The van der Waals surface area contributed by atoms with Crippen LogP contribution in [0.25, 0.3) is 5.70 Å². The molecule has 0 fully saturated rings. The molecule has 0 spiro atoms. The Morgan fingerprint density at radius 1 is 1.15 bits per heavy atom. The number of carbonyl (C=O) groups is 2. The minimum atomic E-state index is -0.394. The lowest BCUT2D eigenvalue weighted by Gasteiger charge is -2.18. The van der Waals surface area contributed by atoms with Crippen molar-refractivity contribution < 1.29 is 19.1 Å². The average molecular weight is 373 g/mol. The molecule has 6 nitrogen and oxygen atoms in total. The third-order valence-electron chi connectivity index (χ3n) is 4.09. The van der Waals surface area contributed by atoms with Gasteiger partial charge in [0.15, 0.2) is 0 Å². The Morgan fingerprint density at radius 2 is 1.81 bits per heavy atom. The number of hydrogen-bond donors (Lipinski definition) is 1. The Labute approximate surface area is 156 Å². The normalized spacial score (nSPS) is 12.8. The van der Waals surface area contributed by atoms with E-state index in [2.05, 4.69) is 11.9 Å².